The molecule has 36 heavy (non-hydrogen) atoms. The molecular formula is C28H41N5O3. The molecule has 2 bridgehead atoms. The van der Waals surface area contributed by atoms with Gasteiger partial charge in [0, 0.05) is 62.6 Å². The Morgan fingerprint density at radius 1 is 1.06 bits per heavy atom. The van der Waals surface area contributed by atoms with Gasteiger partial charge in [0.05, 0.1) is 0 Å². The van der Waals surface area contributed by atoms with Crippen molar-refractivity contribution < 1.29 is 14.0 Å². The smallest absolute Gasteiger partial charge is 0.226 e. The molecule has 2 aromatic rings. The Balaban J connectivity index is 1.62. The second-order valence-electron chi connectivity index (χ2n) is 10.3. The van der Waals surface area contributed by atoms with E-state index in [2.05, 4.69) is 28.1 Å². The number of benzene rings is 1. The van der Waals surface area contributed by atoms with Crippen molar-refractivity contribution in [2.75, 3.05) is 24.5 Å². The molecule has 2 unspecified atom stereocenters. The maximum Gasteiger partial charge on any atom is 0.226 e. The summed E-state index contributed by atoms with van der Waals surface area (Å²) in [6, 6.07) is 8.82. The molecule has 4 rings (SSSR count). The molecule has 0 radical (unpaired) electrons. The van der Waals surface area contributed by atoms with Gasteiger partial charge in [-0.2, -0.15) is 0 Å². The second kappa shape index (κ2) is 12.0. The third kappa shape index (κ3) is 5.97. The number of nitrogens with zero attached hydrogens (tertiary/aromatic N) is 5. The first-order chi connectivity index (χ1) is 17.4. The van der Waals surface area contributed by atoms with Crippen molar-refractivity contribution in [3.8, 4) is 0 Å². The van der Waals surface area contributed by atoms with E-state index in [9.17, 15) is 9.59 Å². The van der Waals surface area contributed by atoms with Crippen LogP contribution >= 0.6 is 0 Å². The molecule has 2 aliphatic rings. The highest BCUT2D eigenvalue weighted by Gasteiger charge is 2.33. The van der Waals surface area contributed by atoms with Gasteiger partial charge >= 0.3 is 0 Å². The highest BCUT2D eigenvalue weighted by Crippen LogP contribution is 2.30. The average Bonchev–Trinajstić information content (AvgIpc) is 3.36. The Morgan fingerprint density at radius 3 is 2.56 bits per heavy atom. The van der Waals surface area contributed by atoms with Crippen LogP contribution in [0.4, 0.5) is 5.69 Å². The van der Waals surface area contributed by atoms with Crippen molar-refractivity contribution in [1.82, 2.24) is 20.0 Å². The summed E-state index contributed by atoms with van der Waals surface area (Å²) in [7, 11) is 0. The molecule has 8 nitrogen and oxygen atoms in total. The summed E-state index contributed by atoms with van der Waals surface area (Å²) in [6.45, 7) is 11.0. The number of anilines is 1. The van der Waals surface area contributed by atoms with Crippen LogP contribution in [0.3, 0.4) is 0 Å². The van der Waals surface area contributed by atoms with Gasteiger partial charge in [-0.1, -0.05) is 52.3 Å². The normalized spacial score (nSPS) is 21.2. The van der Waals surface area contributed by atoms with Gasteiger partial charge in [-0.25, -0.2) is 0 Å². The predicted molar refractivity (Wildman–Crippen MR) is 140 cm³/mol. The number of aromatic nitrogens is 2. The van der Waals surface area contributed by atoms with Crippen LogP contribution in [0, 0.1) is 0 Å². The third-order valence-electron chi connectivity index (χ3n) is 7.62. The van der Waals surface area contributed by atoms with E-state index in [0.29, 0.717) is 62.8 Å². The topological polar surface area (TPSA) is 82.8 Å². The Labute approximate surface area is 215 Å². The van der Waals surface area contributed by atoms with Crippen LogP contribution in [0.5, 0.6) is 0 Å². The Bertz CT molecular complexity index is 1040. The lowest BCUT2D eigenvalue weighted by molar-refractivity contribution is -0.133. The lowest BCUT2D eigenvalue weighted by Gasteiger charge is -2.43. The van der Waals surface area contributed by atoms with Crippen molar-refractivity contribution in [2.45, 2.75) is 97.2 Å². The molecule has 0 N–H and O–H groups in total. The SMILES string of the molecule is CCC(=O)N1CCC2CCCC(CN(C(=O)CCc3nnc(C(C)C)o3)Cc3ccccc31)N2CC. The number of amides is 2. The monoisotopic (exact) mass is 495 g/mol. The predicted octanol–water partition coefficient (Wildman–Crippen LogP) is 4.54. The highest BCUT2D eigenvalue weighted by molar-refractivity contribution is 5.94. The molecule has 1 aromatic heterocycles. The standard InChI is InChI=1S/C28H41N5O3/c1-5-26(34)33-17-16-22-11-9-12-23(32(22)6-2)19-31(18-21-10-7-8-13-24(21)33)27(35)15-14-25-29-30-28(36-25)20(3)4/h7-8,10,13,20,22-23H,5-6,9,11-12,14-19H2,1-4H3. The van der Waals surface area contributed by atoms with Gasteiger partial charge in [0.15, 0.2) is 0 Å². The maximum absolute atomic E-state index is 13.6. The minimum atomic E-state index is 0.0832. The average molecular weight is 496 g/mol. The van der Waals surface area contributed by atoms with Gasteiger partial charge in [-0.05, 0) is 37.4 Å². The molecule has 1 aromatic carbocycles. The number of aryl methyl sites for hydroxylation is 1. The van der Waals surface area contributed by atoms with E-state index in [1.807, 2.05) is 48.8 Å². The summed E-state index contributed by atoms with van der Waals surface area (Å²) >= 11 is 0. The fourth-order valence-corrected chi connectivity index (χ4v) is 5.69. The molecule has 1 saturated heterocycles. The number of hydrogen-bond acceptors (Lipinski definition) is 6. The number of fused-ring (bicyclic) bond motifs is 3. The molecule has 0 saturated carbocycles. The van der Waals surface area contributed by atoms with Crippen LogP contribution < -0.4 is 4.90 Å². The number of likely N-dealkylation sites (N-methyl/N-ethyl adjacent to an activating group) is 1. The van der Waals surface area contributed by atoms with E-state index in [1.54, 1.807) is 0 Å². The van der Waals surface area contributed by atoms with E-state index in [4.69, 9.17) is 4.42 Å². The van der Waals surface area contributed by atoms with Crippen molar-refractivity contribution in [3.63, 3.8) is 0 Å². The molecule has 2 amide bonds. The van der Waals surface area contributed by atoms with Crippen molar-refractivity contribution in [2.24, 2.45) is 0 Å². The van der Waals surface area contributed by atoms with E-state index in [0.717, 1.165) is 43.5 Å². The van der Waals surface area contributed by atoms with E-state index >= 15 is 0 Å². The second-order valence-corrected chi connectivity index (χ2v) is 10.3. The summed E-state index contributed by atoms with van der Waals surface area (Å²) < 4.78 is 5.74. The zero-order chi connectivity index (χ0) is 25.7. The minimum absolute atomic E-state index is 0.0832. The molecule has 1 fully saturated rings. The van der Waals surface area contributed by atoms with Crippen LogP contribution in [0.25, 0.3) is 0 Å². The number of para-hydroxylation sites is 1. The quantitative estimate of drug-likeness (QED) is 0.585. The van der Waals surface area contributed by atoms with Crippen LogP contribution in [0.2, 0.25) is 0 Å². The molecule has 8 heteroatoms. The maximum atomic E-state index is 13.6. The first kappa shape index (κ1) is 26.3. The van der Waals surface area contributed by atoms with Gasteiger partial charge in [-0.15, -0.1) is 10.2 Å². The van der Waals surface area contributed by atoms with Gasteiger partial charge in [-0.3, -0.25) is 14.5 Å². The Kier molecular flexibility index (Phi) is 8.77. The van der Waals surface area contributed by atoms with Gasteiger partial charge < -0.3 is 14.2 Å². The Hall–Kier alpha value is -2.74. The molecule has 2 aliphatic heterocycles. The molecule has 0 spiro atoms. The largest absolute Gasteiger partial charge is 0.425 e. The van der Waals surface area contributed by atoms with Gasteiger partial charge in [0.25, 0.3) is 0 Å². The van der Waals surface area contributed by atoms with Crippen molar-refractivity contribution in [3.05, 3.63) is 41.6 Å². The molecule has 196 valence electrons. The number of carbonyl (C=O) groups excluding carboxylic acids is 2. The summed E-state index contributed by atoms with van der Waals surface area (Å²) in [5.74, 6) is 1.50. The van der Waals surface area contributed by atoms with Gasteiger partial charge in [0.2, 0.25) is 23.6 Å². The van der Waals surface area contributed by atoms with Crippen LogP contribution in [0.1, 0.15) is 89.5 Å². The fraction of sp³-hybridized carbons (Fsp3) is 0.643. The van der Waals surface area contributed by atoms with E-state index < -0.39 is 0 Å². The third-order valence-corrected chi connectivity index (χ3v) is 7.62. The summed E-state index contributed by atoms with van der Waals surface area (Å²) in [5, 5.41) is 8.24. The number of rotatable bonds is 6. The lowest BCUT2D eigenvalue weighted by Crippen LogP contribution is -2.52. The van der Waals surface area contributed by atoms with Crippen LogP contribution in [-0.2, 0) is 22.6 Å². The molecular weight excluding hydrogens is 454 g/mol. The van der Waals surface area contributed by atoms with Crippen LogP contribution in [-0.4, -0.2) is 63.5 Å². The number of piperidine rings is 1. The van der Waals surface area contributed by atoms with E-state index in [1.165, 1.54) is 0 Å². The number of carbonyl (C=O) groups is 2. The molecule has 0 aliphatic carbocycles. The summed E-state index contributed by atoms with van der Waals surface area (Å²) in [6.07, 6.45) is 5.56. The molecule has 2 atom stereocenters. The molecule has 3 heterocycles. The minimum Gasteiger partial charge on any atom is -0.425 e. The Morgan fingerprint density at radius 2 is 1.83 bits per heavy atom. The summed E-state index contributed by atoms with van der Waals surface area (Å²) in [5.41, 5.74) is 1.95. The van der Waals surface area contributed by atoms with Crippen LogP contribution in [0.15, 0.2) is 28.7 Å². The highest BCUT2D eigenvalue weighted by atomic mass is 16.4. The van der Waals surface area contributed by atoms with E-state index in [-0.39, 0.29) is 17.7 Å². The van der Waals surface area contributed by atoms with Crippen molar-refractivity contribution in [1.29, 1.82) is 0 Å². The van der Waals surface area contributed by atoms with Crippen molar-refractivity contribution >= 4 is 17.5 Å². The first-order valence-corrected chi connectivity index (χ1v) is 13.6. The zero-order valence-electron chi connectivity index (χ0n) is 22.3. The fourth-order valence-electron chi connectivity index (χ4n) is 5.69. The summed E-state index contributed by atoms with van der Waals surface area (Å²) in [4.78, 5) is 33.2. The first-order valence-electron chi connectivity index (χ1n) is 13.6. The zero-order valence-corrected chi connectivity index (χ0v) is 22.3. The van der Waals surface area contributed by atoms with Gasteiger partial charge in [0.1, 0.15) is 0 Å². The number of hydrogen-bond donors (Lipinski definition) is 0. The lowest BCUT2D eigenvalue weighted by atomic mass is 9.93.